The molecule has 0 saturated heterocycles. The largest absolute Gasteiger partial charge is 0.495 e. The molecular formula is C21H20ClN5O3S. The highest BCUT2D eigenvalue weighted by Crippen LogP contribution is 2.32. The summed E-state index contributed by atoms with van der Waals surface area (Å²) >= 11 is 7.39. The van der Waals surface area contributed by atoms with Gasteiger partial charge in [-0.15, -0.1) is 0 Å². The van der Waals surface area contributed by atoms with Gasteiger partial charge in [0.15, 0.2) is 5.17 Å². The van der Waals surface area contributed by atoms with Gasteiger partial charge >= 0.3 is 0 Å². The Hall–Kier alpha value is -3.17. The molecule has 2 heterocycles. The molecule has 1 atom stereocenters. The highest BCUT2D eigenvalue weighted by Gasteiger charge is 2.39. The average molecular weight is 458 g/mol. The molecule has 2 amide bonds. The van der Waals surface area contributed by atoms with E-state index in [1.165, 1.54) is 16.7 Å². The van der Waals surface area contributed by atoms with Gasteiger partial charge in [-0.05, 0) is 36.8 Å². The highest BCUT2D eigenvalue weighted by atomic mass is 35.5. The van der Waals surface area contributed by atoms with Crippen molar-refractivity contribution < 1.29 is 14.3 Å². The molecule has 1 unspecified atom stereocenters. The summed E-state index contributed by atoms with van der Waals surface area (Å²) in [5.74, 6) is 0.285. The standard InChI is InChI=1S/C21H20ClN5O3S/c1-13-7-8-15(14(22)11-13)23-18(28)12-31-21-25-24-19-20(29)26(9-10-27(19)21)16-5-3-4-6-17(16)30-2/h3-11,19,24H,12H2,1-2H3,(H,23,28). The number of aryl methyl sites for hydroxylation is 1. The van der Waals surface area contributed by atoms with E-state index in [4.69, 9.17) is 16.3 Å². The second-order valence-corrected chi connectivity index (χ2v) is 8.18. The lowest BCUT2D eigenvalue weighted by atomic mass is 10.2. The number of rotatable bonds is 5. The number of hydrogen-bond donors (Lipinski definition) is 2. The van der Waals surface area contributed by atoms with Crippen molar-refractivity contribution in [2.24, 2.45) is 5.10 Å². The van der Waals surface area contributed by atoms with Gasteiger partial charge < -0.3 is 10.1 Å². The molecule has 2 aromatic carbocycles. The molecule has 0 radical (unpaired) electrons. The van der Waals surface area contributed by atoms with Gasteiger partial charge in [-0.25, -0.2) is 0 Å². The Morgan fingerprint density at radius 2 is 2.10 bits per heavy atom. The Balaban J connectivity index is 1.40. The lowest BCUT2D eigenvalue weighted by Gasteiger charge is -2.32. The zero-order chi connectivity index (χ0) is 22.0. The molecule has 4 rings (SSSR count). The van der Waals surface area contributed by atoms with Crippen molar-refractivity contribution in [3.8, 4) is 5.75 Å². The molecule has 160 valence electrons. The zero-order valence-corrected chi connectivity index (χ0v) is 18.4. The predicted octanol–water partition coefficient (Wildman–Crippen LogP) is 3.35. The van der Waals surface area contributed by atoms with Crippen LogP contribution in [0.15, 0.2) is 60.0 Å². The van der Waals surface area contributed by atoms with Gasteiger partial charge in [0, 0.05) is 12.4 Å². The first kappa shape index (κ1) is 21.1. The van der Waals surface area contributed by atoms with E-state index in [0.29, 0.717) is 27.3 Å². The van der Waals surface area contributed by atoms with E-state index < -0.39 is 6.17 Å². The summed E-state index contributed by atoms with van der Waals surface area (Å²) in [7, 11) is 1.56. The van der Waals surface area contributed by atoms with E-state index in [1.807, 2.05) is 31.2 Å². The van der Waals surface area contributed by atoms with Crippen molar-refractivity contribution in [1.82, 2.24) is 10.3 Å². The second-order valence-electron chi connectivity index (χ2n) is 6.83. The minimum absolute atomic E-state index is 0.117. The molecule has 10 heteroatoms. The number of halogens is 1. The molecule has 0 spiro atoms. The first-order valence-corrected chi connectivity index (χ1v) is 10.8. The molecule has 0 bridgehead atoms. The monoisotopic (exact) mass is 457 g/mol. The lowest BCUT2D eigenvalue weighted by Crippen LogP contribution is -2.52. The average Bonchev–Trinajstić information content (AvgIpc) is 3.18. The maximum atomic E-state index is 13.0. The summed E-state index contributed by atoms with van der Waals surface area (Å²) in [5, 5.41) is 8.03. The van der Waals surface area contributed by atoms with Crippen molar-refractivity contribution in [3.05, 3.63) is 65.5 Å². The lowest BCUT2D eigenvalue weighted by molar-refractivity contribution is -0.122. The van der Waals surface area contributed by atoms with Crippen molar-refractivity contribution >= 4 is 51.7 Å². The second kappa shape index (κ2) is 8.91. The number of para-hydroxylation sites is 2. The topological polar surface area (TPSA) is 86.3 Å². The zero-order valence-electron chi connectivity index (χ0n) is 16.8. The maximum absolute atomic E-state index is 13.0. The number of methoxy groups -OCH3 is 1. The van der Waals surface area contributed by atoms with E-state index in [9.17, 15) is 9.59 Å². The number of ether oxygens (including phenoxy) is 1. The van der Waals surface area contributed by atoms with Crippen LogP contribution in [0.3, 0.4) is 0 Å². The van der Waals surface area contributed by atoms with Gasteiger partial charge in [-0.1, -0.05) is 41.6 Å². The van der Waals surface area contributed by atoms with Crippen LogP contribution in [-0.4, -0.2) is 40.9 Å². The summed E-state index contributed by atoms with van der Waals surface area (Å²) < 4.78 is 5.36. The van der Waals surface area contributed by atoms with Crippen LogP contribution in [0, 0.1) is 6.92 Å². The van der Waals surface area contributed by atoms with Crippen molar-refractivity contribution in [2.45, 2.75) is 13.1 Å². The number of nitrogens with one attached hydrogen (secondary N) is 2. The van der Waals surface area contributed by atoms with Crippen LogP contribution in [0.1, 0.15) is 5.56 Å². The van der Waals surface area contributed by atoms with Crippen LogP contribution >= 0.6 is 23.4 Å². The third kappa shape index (κ3) is 4.33. The van der Waals surface area contributed by atoms with Gasteiger partial charge in [0.05, 0.1) is 29.3 Å². The SMILES string of the molecule is COc1ccccc1N1C=CN2C(SCC(=O)Nc3ccc(C)cc3Cl)=NNC2C1=O. The number of anilines is 2. The highest BCUT2D eigenvalue weighted by molar-refractivity contribution is 8.14. The van der Waals surface area contributed by atoms with Crippen LogP contribution in [0.5, 0.6) is 5.75 Å². The molecular weight excluding hydrogens is 438 g/mol. The van der Waals surface area contributed by atoms with E-state index in [1.54, 1.807) is 42.6 Å². The Labute approximate surface area is 188 Å². The molecule has 0 aliphatic carbocycles. The summed E-state index contributed by atoms with van der Waals surface area (Å²) in [6.07, 6.45) is 2.72. The van der Waals surface area contributed by atoms with Crippen LogP contribution < -0.4 is 20.4 Å². The Morgan fingerprint density at radius 3 is 2.87 bits per heavy atom. The maximum Gasteiger partial charge on any atom is 0.276 e. The molecule has 2 aliphatic heterocycles. The number of fused-ring (bicyclic) bond motifs is 1. The summed E-state index contributed by atoms with van der Waals surface area (Å²) in [6, 6.07) is 12.7. The normalized spacial score (nSPS) is 17.2. The Bertz CT molecular complexity index is 1090. The molecule has 2 aliphatic rings. The van der Waals surface area contributed by atoms with Gasteiger partial charge in [0.2, 0.25) is 12.1 Å². The van der Waals surface area contributed by atoms with Gasteiger partial charge in [0.25, 0.3) is 5.91 Å². The first-order valence-electron chi connectivity index (χ1n) is 9.42. The van der Waals surface area contributed by atoms with Gasteiger partial charge in [0.1, 0.15) is 5.75 Å². The van der Waals surface area contributed by atoms with Gasteiger partial charge in [-0.2, -0.15) is 5.10 Å². The third-order valence-corrected chi connectivity index (χ3v) is 5.98. The van der Waals surface area contributed by atoms with Crippen molar-refractivity contribution in [1.29, 1.82) is 0 Å². The third-order valence-electron chi connectivity index (χ3n) is 4.70. The molecule has 8 nitrogen and oxygen atoms in total. The van der Waals surface area contributed by atoms with Crippen LogP contribution in [0.2, 0.25) is 5.02 Å². The molecule has 2 N–H and O–H groups in total. The fourth-order valence-corrected chi connectivity index (χ4v) is 4.23. The molecule has 0 saturated carbocycles. The minimum Gasteiger partial charge on any atom is -0.495 e. The molecule has 0 fully saturated rings. The van der Waals surface area contributed by atoms with E-state index in [2.05, 4.69) is 15.8 Å². The number of amides is 2. The van der Waals surface area contributed by atoms with E-state index in [-0.39, 0.29) is 17.6 Å². The number of amidine groups is 1. The number of thioether (sulfide) groups is 1. The number of nitrogens with zero attached hydrogens (tertiary/aromatic N) is 3. The Morgan fingerprint density at radius 1 is 1.29 bits per heavy atom. The summed E-state index contributed by atoms with van der Waals surface area (Å²) in [5.41, 5.74) is 5.05. The van der Waals surface area contributed by atoms with Gasteiger partial charge in [-0.3, -0.25) is 24.8 Å². The summed E-state index contributed by atoms with van der Waals surface area (Å²) in [4.78, 5) is 28.6. The number of carbonyl (C=O) groups is 2. The fraction of sp³-hybridized carbons (Fsp3) is 0.190. The Kier molecular flexibility index (Phi) is 6.06. The quantitative estimate of drug-likeness (QED) is 0.716. The fourth-order valence-electron chi connectivity index (χ4n) is 3.19. The smallest absolute Gasteiger partial charge is 0.276 e. The number of carbonyl (C=O) groups excluding carboxylic acids is 2. The van der Waals surface area contributed by atoms with Crippen molar-refractivity contribution in [2.75, 3.05) is 23.1 Å². The predicted molar refractivity (Wildman–Crippen MR) is 123 cm³/mol. The summed E-state index contributed by atoms with van der Waals surface area (Å²) in [6.45, 7) is 1.93. The number of benzene rings is 2. The first-order chi connectivity index (χ1) is 15.0. The van der Waals surface area contributed by atoms with Crippen LogP contribution in [0.25, 0.3) is 0 Å². The number of hydrogen-bond acceptors (Lipinski definition) is 7. The van der Waals surface area contributed by atoms with E-state index >= 15 is 0 Å². The molecule has 2 aromatic rings. The molecule has 0 aromatic heterocycles. The van der Waals surface area contributed by atoms with E-state index in [0.717, 1.165) is 5.56 Å². The van der Waals surface area contributed by atoms with Crippen LogP contribution in [0.4, 0.5) is 11.4 Å². The van der Waals surface area contributed by atoms with Crippen molar-refractivity contribution in [3.63, 3.8) is 0 Å². The molecule has 31 heavy (non-hydrogen) atoms. The van der Waals surface area contributed by atoms with Crippen LogP contribution in [-0.2, 0) is 9.59 Å². The number of hydrazone groups is 1. The minimum atomic E-state index is -0.688.